The molecule has 0 aliphatic heterocycles. The Kier molecular flexibility index (Phi) is 5.46. The Morgan fingerprint density at radius 2 is 2.26 bits per heavy atom. The summed E-state index contributed by atoms with van der Waals surface area (Å²) < 4.78 is 13.6. The molecule has 0 aromatic heterocycles. The number of amides is 2. The van der Waals surface area contributed by atoms with Gasteiger partial charge in [-0.05, 0) is 16.7 Å². The minimum atomic E-state index is -0.914. The third-order valence-electron chi connectivity index (χ3n) is 2.21. The molecular weight excluding hydrogens is 255 g/mol. The van der Waals surface area contributed by atoms with Crippen LogP contribution >= 0.6 is 0 Å². The summed E-state index contributed by atoms with van der Waals surface area (Å²) in [6.45, 7) is 1.28. The highest BCUT2D eigenvalue weighted by Crippen LogP contribution is 2.15. The lowest BCUT2D eigenvalue weighted by Crippen LogP contribution is -2.23. The third-order valence-corrected chi connectivity index (χ3v) is 2.21. The molecule has 19 heavy (non-hydrogen) atoms. The molecule has 8 heteroatoms. The Morgan fingerprint density at radius 1 is 1.53 bits per heavy atom. The van der Waals surface area contributed by atoms with Crippen LogP contribution in [0, 0.1) is 5.82 Å². The van der Waals surface area contributed by atoms with Gasteiger partial charge in [-0.25, -0.2) is 9.87 Å². The molecule has 100 valence electrons. The topological polar surface area (TPSA) is 104 Å². The average Bonchev–Trinajstić information content (AvgIpc) is 2.40. The van der Waals surface area contributed by atoms with Crippen molar-refractivity contribution in [1.82, 2.24) is 5.48 Å². The van der Waals surface area contributed by atoms with Crippen LogP contribution in [0.3, 0.4) is 0 Å². The fourth-order valence-electron chi connectivity index (χ4n) is 1.26. The number of carbonyl (C=O) groups excluding carboxylic acids is 2. The average molecular weight is 266 g/mol. The number of hydrogen-bond acceptors (Lipinski definition) is 3. The number of carbonyl (C=O) groups is 2. The molecule has 0 saturated carbocycles. The summed E-state index contributed by atoms with van der Waals surface area (Å²) >= 11 is 0. The maximum atomic E-state index is 13.6. The quantitative estimate of drug-likeness (QED) is 0.382. The maximum absolute atomic E-state index is 13.6. The van der Waals surface area contributed by atoms with Crippen molar-refractivity contribution in [3.05, 3.63) is 45.6 Å². The summed E-state index contributed by atoms with van der Waals surface area (Å²) in [6.07, 6.45) is 0.210. The number of hydroxylamine groups is 1. The Bertz CT molecular complexity index is 541. The molecule has 0 radical (unpaired) electrons. The molecule has 0 bridgehead atoms. The Hall–Kier alpha value is -2.44. The summed E-state index contributed by atoms with van der Waals surface area (Å²) in [4.78, 5) is 29.5. The molecule has 1 aromatic carbocycles. The molecule has 1 rings (SSSR count). The van der Waals surface area contributed by atoms with Gasteiger partial charge in [-0.15, -0.1) is 0 Å². The van der Waals surface area contributed by atoms with E-state index in [0.29, 0.717) is 0 Å². The van der Waals surface area contributed by atoms with E-state index in [4.69, 9.17) is 10.4 Å². The SMILES string of the molecule is CCC(=O)NOCc1c(F)cccc1C(=O)N=[N+]=[N-]. The van der Waals surface area contributed by atoms with Crippen molar-refractivity contribution in [2.75, 3.05) is 0 Å². The lowest BCUT2D eigenvalue weighted by molar-refractivity contribution is -0.134. The van der Waals surface area contributed by atoms with Crippen LogP contribution in [0.1, 0.15) is 29.3 Å². The van der Waals surface area contributed by atoms with Crippen molar-refractivity contribution in [2.24, 2.45) is 5.11 Å². The Morgan fingerprint density at radius 3 is 2.89 bits per heavy atom. The number of azide groups is 1. The molecule has 0 saturated heterocycles. The van der Waals surface area contributed by atoms with Gasteiger partial charge in [0.1, 0.15) is 12.4 Å². The van der Waals surface area contributed by atoms with Crippen LogP contribution in [0.2, 0.25) is 0 Å². The smallest absolute Gasteiger partial charge is 0.249 e. The minimum absolute atomic E-state index is 0.0868. The molecule has 1 N–H and O–H groups in total. The molecule has 0 aliphatic carbocycles. The van der Waals surface area contributed by atoms with E-state index < -0.39 is 11.7 Å². The van der Waals surface area contributed by atoms with Crippen molar-refractivity contribution >= 4 is 11.8 Å². The number of halogens is 1. The summed E-state index contributed by atoms with van der Waals surface area (Å²) in [5, 5.41) is 2.89. The molecule has 7 nitrogen and oxygen atoms in total. The van der Waals surface area contributed by atoms with Gasteiger partial charge < -0.3 is 0 Å². The van der Waals surface area contributed by atoms with Crippen molar-refractivity contribution < 1.29 is 18.8 Å². The van der Waals surface area contributed by atoms with Gasteiger partial charge in [0.05, 0.1) is 0 Å². The van der Waals surface area contributed by atoms with Crippen LogP contribution in [0.15, 0.2) is 23.3 Å². The van der Waals surface area contributed by atoms with Crippen LogP contribution in [-0.2, 0) is 16.2 Å². The number of benzene rings is 1. The van der Waals surface area contributed by atoms with Gasteiger partial charge in [0.15, 0.2) is 0 Å². The van der Waals surface area contributed by atoms with Crippen molar-refractivity contribution in [2.45, 2.75) is 20.0 Å². The van der Waals surface area contributed by atoms with Gasteiger partial charge in [-0.1, -0.05) is 19.1 Å². The third kappa shape index (κ3) is 4.06. The number of hydrogen-bond donors (Lipinski definition) is 1. The van der Waals surface area contributed by atoms with E-state index in [1.54, 1.807) is 6.92 Å². The van der Waals surface area contributed by atoms with Crippen LogP contribution in [0.25, 0.3) is 10.4 Å². The van der Waals surface area contributed by atoms with Crippen LogP contribution in [-0.4, -0.2) is 11.8 Å². The summed E-state index contributed by atoms with van der Waals surface area (Å²) in [5.41, 5.74) is 10.1. The fourth-order valence-corrected chi connectivity index (χ4v) is 1.26. The lowest BCUT2D eigenvalue weighted by atomic mass is 10.1. The molecule has 0 aliphatic rings. The van der Waals surface area contributed by atoms with Crippen molar-refractivity contribution in [1.29, 1.82) is 0 Å². The van der Waals surface area contributed by atoms with Crippen molar-refractivity contribution in [3.63, 3.8) is 0 Å². The molecule has 0 heterocycles. The normalized spacial score (nSPS) is 9.58. The van der Waals surface area contributed by atoms with Gasteiger partial charge in [0, 0.05) is 22.5 Å². The zero-order valence-electron chi connectivity index (χ0n) is 10.1. The van der Waals surface area contributed by atoms with E-state index in [9.17, 15) is 14.0 Å². The first-order valence-corrected chi connectivity index (χ1v) is 5.37. The highest BCUT2D eigenvalue weighted by atomic mass is 19.1. The van der Waals surface area contributed by atoms with Gasteiger partial charge in [-0.2, -0.15) is 0 Å². The first kappa shape index (κ1) is 14.6. The molecule has 1 aromatic rings. The van der Waals surface area contributed by atoms with Crippen molar-refractivity contribution in [3.8, 4) is 0 Å². The maximum Gasteiger partial charge on any atom is 0.249 e. The first-order chi connectivity index (χ1) is 9.10. The second-order valence-electron chi connectivity index (χ2n) is 3.43. The number of rotatable bonds is 5. The van der Waals surface area contributed by atoms with Gasteiger partial charge in [0.25, 0.3) is 0 Å². The fraction of sp³-hybridized carbons (Fsp3) is 0.273. The molecule has 0 atom stereocenters. The standard InChI is InChI=1S/C11H11FN4O3/c1-2-10(17)15-19-6-8-7(11(18)14-16-13)4-3-5-9(8)12/h3-5H,2,6H2,1H3,(H,15,17). The largest absolute Gasteiger partial charge is 0.287 e. The Balaban J connectivity index is 2.89. The van der Waals surface area contributed by atoms with E-state index in [1.165, 1.54) is 12.1 Å². The van der Waals surface area contributed by atoms with E-state index in [2.05, 4.69) is 15.5 Å². The number of nitrogens with one attached hydrogen (secondary N) is 1. The monoisotopic (exact) mass is 266 g/mol. The molecule has 0 fully saturated rings. The Labute approximate surface area is 107 Å². The zero-order chi connectivity index (χ0) is 14.3. The summed E-state index contributed by atoms with van der Waals surface area (Å²) in [5.74, 6) is -1.98. The molecule has 0 unspecified atom stereocenters. The second-order valence-corrected chi connectivity index (χ2v) is 3.43. The highest BCUT2D eigenvalue weighted by Gasteiger charge is 2.14. The summed E-state index contributed by atoms with van der Waals surface area (Å²) in [6, 6.07) is 3.75. The zero-order valence-corrected chi connectivity index (χ0v) is 10.1. The van der Waals surface area contributed by atoms with Crippen LogP contribution in [0.5, 0.6) is 0 Å². The first-order valence-electron chi connectivity index (χ1n) is 5.37. The molecule has 0 spiro atoms. The van der Waals surface area contributed by atoms with E-state index in [-0.39, 0.29) is 30.1 Å². The predicted octanol–water partition coefficient (Wildman–Crippen LogP) is 2.23. The predicted molar refractivity (Wildman–Crippen MR) is 63.1 cm³/mol. The van der Waals surface area contributed by atoms with E-state index in [0.717, 1.165) is 6.07 Å². The van der Waals surface area contributed by atoms with Gasteiger partial charge in [0.2, 0.25) is 11.8 Å². The number of nitrogens with zero attached hydrogens (tertiary/aromatic N) is 3. The van der Waals surface area contributed by atoms with E-state index >= 15 is 0 Å². The summed E-state index contributed by atoms with van der Waals surface area (Å²) in [7, 11) is 0. The molecular formula is C11H11FN4O3. The highest BCUT2D eigenvalue weighted by molar-refractivity contribution is 5.96. The van der Waals surface area contributed by atoms with Gasteiger partial charge >= 0.3 is 0 Å². The molecule has 2 amide bonds. The second kappa shape index (κ2) is 7.10. The van der Waals surface area contributed by atoms with E-state index in [1.807, 2.05) is 0 Å². The van der Waals surface area contributed by atoms with Crippen LogP contribution < -0.4 is 5.48 Å². The minimum Gasteiger partial charge on any atom is -0.287 e. The van der Waals surface area contributed by atoms with Gasteiger partial charge in [-0.3, -0.25) is 14.4 Å². The lowest BCUT2D eigenvalue weighted by Gasteiger charge is -2.09. The van der Waals surface area contributed by atoms with Crippen LogP contribution in [0.4, 0.5) is 4.39 Å².